The van der Waals surface area contributed by atoms with Crippen molar-refractivity contribution in [2.45, 2.75) is 43.2 Å². The monoisotopic (exact) mass is 329 g/mol. The highest BCUT2D eigenvalue weighted by Crippen LogP contribution is 2.45. The zero-order valence-electron chi connectivity index (χ0n) is 11.5. The lowest BCUT2D eigenvalue weighted by atomic mass is 9.89. The van der Waals surface area contributed by atoms with Gasteiger partial charge in [-0.3, -0.25) is 4.79 Å². The molecule has 2 bridgehead atoms. The molecule has 114 valence electrons. The molecular weight excluding hydrogens is 314 g/mol. The van der Waals surface area contributed by atoms with Crippen molar-refractivity contribution in [2.75, 3.05) is 0 Å². The van der Waals surface area contributed by atoms with E-state index in [1.165, 1.54) is 10.4 Å². The summed E-state index contributed by atoms with van der Waals surface area (Å²) in [6.07, 6.45) is 1.71. The molecule has 0 spiro atoms. The van der Waals surface area contributed by atoms with Gasteiger partial charge in [0.05, 0.1) is 10.9 Å². The SMILES string of the molecule is Cc1ccc(S(=O)(=O)N2C3CCC2C(C(=O)O)C3)c(Cl)c1. The van der Waals surface area contributed by atoms with Crippen LogP contribution in [0.2, 0.25) is 5.02 Å². The van der Waals surface area contributed by atoms with Crippen LogP contribution in [0.1, 0.15) is 24.8 Å². The first-order valence-electron chi connectivity index (χ1n) is 6.85. The fourth-order valence-electron chi connectivity index (χ4n) is 3.51. The molecule has 0 saturated carbocycles. The lowest BCUT2D eigenvalue weighted by Crippen LogP contribution is -2.37. The van der Waals surface area contributed by atoms with Gasteiger partial charge >= 0.3 is 5.97 Å². The fraction of sp³-hybridized carbons (Fsp3) is 0.500. The van der Waals surface area contributed by atoms with Crippen molar-refractivity contribution in [3.05, 3.63) is 28.8 Å². The molecule has 1 aromatic rings. The maximum Gasteiger partial charge on any atom is 0.308 e. The quantitative estimate of drug-likeness (QED) is 0.923. The third-order valence-corrected chi connectivity index (χ3v) is 6.89. The molecule has 2 heterocycles. The van der Waals surface area contributed by atoms with Crippen LogP contribution in [0.4, 0.5) is 0 Å². The Morgan fingerprint density at radius 3 is 2.67 bits per heavy atom. The van der Waals surface area contributed by atoms with Gasteiger partial charge in [-0.05, 0) is 43.9 Å². The van der Waals surface area contributed by atoms with Gasteiger partial charge in [-0.1, -0.05) is 17.7 Å². The van der Waals surface area contributed by atoms with E-state index in [2.05, 4.69) is 0 Å². The molecular formula is C14H16ClNO4S. The van der Waals surface area contributed by atoms with Gasteiger partial charge in [0.2, 0.25) is 10.0 Å². The summed E-state index contributed by atoms with van der Waals surface area (Å²) in [4.78, 5) is 11.3. The highest BCUT2D eigenvalue weighted by Gasteiger charge is 2.54. The summed E-state index contributed by atoms with van der Waals surface area (Å²) in [6, 6.07) is 4.14. The Morgan fingerprint density at radius 1 is 1.38 bits per heavy atom. The average molecular weight is 330 g/mol. The Morgan fingerprint density at radius 2 is 2.10 bits per heavy atom. The lowest BCUT2D eigenvalue weighted by Gasteiger charge is -2.23. The Kier molecular flexibility index (Phi) is 3.50. The first-order valence-corrected chi connectivity index (χ1v) is 8.66. The number of fused-ring (bicyclic) bond motifs is 2. The number of hydrogen-bond donors (Lipinski definition) is 1. The maximum absolute atomic E-state index is 12.8. The van der Waals surface area contributed by atoms with Crippen molar-refractivity contribution in [3.8, 4) is 0 Å². The molecule has 2 fully saturated rings. The zero-order valence-corrected chi connectivity index (χ0v) is 13.1. The molecule has 3 rings (SSSR count). The smallest absolute Gasteiger partial charge is 0.308 e. The number of rotatable bonds is 3. The number of nitrogens with zero attached hydrogens (tertiary/aromatic N) is 1. The predicted molar refractivity (Wildman–Crippen MR) is 77.8 cm³/mol. The summed E-state index contributed by atoms with van der Waals surface area (Å²) < 4.78 is 27.1. The minimum absolute atomic E-state index is 0.0673. The molecule has 0 radical (unpaired) electrons. The van der Waals surface area contributed by atoms with Crippen molar-refractivity contribution in [1.82, 2.24) is 4.31 Å². The van der Waals surface area contributed by atoms with E-state index in [4.69, 9.17) is 11.6 Å². The van der Waals surface area contributed by atoms with Crippen molar-refractivity contribution in [1.29, 1.82) is 0 Å². The van der Waals surface area contributed by atoms with E-state index in [-0.39, 0.29) is 16.0 Å². The van der Waals surface area contributed by atoms with Crippen LogP contribution in [0.15, 0.2) is 23.1 Å². The molecule has 2 saturated heterocycles. The van der Waals surface area contributed by atoms with Crippen molar-refractivity contribution >= 4 is 27.6 Å². The minimum Gasteiger partial charge on any atom is -0.481 e. The number of aliphatic carboxylic acids is 1. The summed E-state index contributed by atoms with van der Waals surface area (Å²) in [7, 11) is -3.75. The van der Waals surface area contributed by atoms with E-state index >= 15 is 0 Å². The van der Waals surface area contributed by atoms with Crippen LogP contribution in [0.25, 0.3) is 0 Å². The zero-order chi connectivity index (χ0) is 15.4. The van der Waals surface area contributed by atoms with E-state index in [0.29, 0.717) is 12.8 Å². The van der Waals surface area contributed by atoms with E-state index in [1.54, 1.807) is 12.1 Å². The Balaban J connectivity index is 2.02. The second-order valence-corrected chi connectivity index (χ2v) is 7.97. The van der Waals surface area contributed by atoms with E-state index in [9.17, 15) is 18.3 Å². The number of benzene rings is 1. The van der Waals surface area contributed by atoms with E-state index in [1.807, 2.05) is 6.92 Å². The predicted octanol–water partition coefficient (Wildman–Crippen LogP) is 2.27. The highest BCUT2D eigenvalue weighted by molar-refractivity contribution is 7.89. The topological polar surface area (TPSA) is 74.7 Å². The molecule has 0 aromatic heterocycles. The molecule has 1 N–H and O–H groups in total. The number of hydrogen-bond acceptors (Lipinski definition) is 3. The van der Waals surface area contributed by atoms with Crippen LogP contribution in [0.5, 0.6) is 0 Å². The number of carboxylic acid groups (broad SMARTS) is 1. The van der Waals surface area contributed by atoms with Gasteiger partial charge in [0.15, 0.2) is 0 Å². The summed E-state index contributed by atoms with van der Waals surface area (Å²) >= 11 is 6.09. The normalized spacial score (nSPS) is 29.0. The fourth-order valence-corrected chi connectivity index (χ4v) is 6.00. The van der Waals surface area contributed by atoms with Crippen LogP contribution in [-0.2, 0) is 14.8 Å². The Hall–Kier alpha value is -1.11. The highest BCUT2D eigenvalue weighted by atomic mass is 35.5. The summed E-state index contributed by atoms with van der Waals surface area (Å²) in [5.41, 5.74) is 0.881. The van der Waals surface area contributed by atoms with Gasteiger partial charge in [0.25, 0.3) is 0 Å². The van der Waals surface area contributed by atoms with Gasteiger partial charge in [-0.2, -0.15) is 4.31 Å². The number of carbonyl (C=O) groups is 1. The van der Waals surface area contributed by atoms with E-state index < -0.39 is 28.0 Å². The van der Waals surface area contributed by atoms with E-state index in [0.717, 1.165) is 12.0 Å². The van der Waals surface area contributed by atoms with Crippen LogP contribution in [-0.4, -0.2) is 35.9 Å². The standard InChI is InChI=1S/C14H16ClNO4S/c1-8-2-5-13(11(15)6-8)21(19,20)16-9-3-4-12(16)10(7-9)14(17)18/h2,5-6,9-10,12H,3-4,7H2,1H3,(H,17,18). The van der Waals surface area contributed by atoms with Crippen LogP contribution in [0.3, 0.4) is 0 Å². The number of sulfonamides is 1. The van der Waals surface area contributed by atoms with Gasteiger partial charge in [0, 0.05) is 12.1 Å². The second-order valence-electron chi connectivity index (χ2n) is 5.75. The molecule has 2 aliphatic rings. The largest absolute Gasteiger partial charge is 0.481 e. The van der Waals surface area contributed by atoms with Crippen molar-refractivity contribution in [2.24, 2.45) is 5.92 Å². The molecule has 1 aromatic carbocycles. The Labute approximate surface area is 128 Å². The van der Waals surface area contributed by atoms with Gasteiger partial charge < -0.3 is 5.11 Å². The molecule has 5 nitrogen and oxygen atoms in total. The molecule has 3 atom stereocenters. The lowest BCUT2D eigenvalue weighted by molar-refractivity contribution is -0.142. The number of carboxylic acids is 1. The van der Waals surface area contributed by atoms with Crippen LogP contribution >= 0.6 is 11.6 Å². The van der Waals surface area contributed by atoms with Crippen LogP contribution in [0, 0.1) is 12.8 Å². The van der Waals surface area contributed by atoms with Crippen molar-refractivity contribution < 1.29 is 18.3 Å². The summed E-state index contributed by atoms with van der Waals surface area (Å²) in [6.45, 7) is 1.84. The molecule has 21 heavy (non-hydrogen) atoms. The maximum atomic E-state index is 12.8. The summed E-state index contributed by atoms with van der Waals surface area (Å²) in [5.74, 6) is -1.53. The molecule has 7 heteroatoms. The van der Waals surface area contributed by atoms with Gasteiger partial charge in [-0.25, -0.2) is 8.42 Å². The molecule has 3 unspecified atom stereocenters. The average Bonchev–Trinajstić information content (AvgIpc) is 2.96. The molecule has 0 amide bonds. The van der Waals surface area contributed by atoms with Gasteiger partial charge in [-0.15, -0.1) is 0 Å². The second kappa shape index (κ2) is 4.97. The third kappa shape index (κ3) is 2.25. The number of aryl methyl sites for hydroxylation is 1. The van der Waals surface area contributed by atoms with Gasteiger partial charge in [0.1, 0.15) is 4.90 Å². The van der Waals surface area contributed by atoms with Crippen molar-refractivity contribution in [3.63, 3.8) is 0 Å². The minimum atomic E-state index is -3.75. The number of halogens is 1. The molecule has 2 aliphatic heterocycles. The first-order chi connectivity index (χ1) is 9.82. The summed E-state index contributed by atoms with van der Waals surface area (Å²) in [5, 5.41) is 9.42. The Bertz CT molecular complexity index is 703. The third-order valence-electron chi connectivity index (χ3n) is 4.43. The van der Waals surface area contributed by atoms with Crippen LogP contribution < -0.4 is 0 Å². The first kappa shape index (κ1) is 14.8. The molecule has 0 aliphatic carbocycles.